The monoisotopic (exact) mass is 579 g/mol. The first-order valence-electron chi connectivity index (χ1n) is 15.1. The van der Waals surface area contributed by atoms with Crippen LogP contribution in [-0.2, 0) is 0 Å². The molecule has 0 saturated carbocycles. The lowest BCUT2D eigenvalue weighted by Crippen LogP contribution is -1.98. The maximum Gasteiger partial charge on any atom is 0.138 e. The van der Waals surface area contributed by atoms with Crippen molar-refractivity contribution in [2.45, 2.75) is 0 Å². The number of nitrogens with zero attached hydrogens (tertiary/aromatic N) is 3. The van der Waals surface area contributed by atoms with E-state index in [1.165, 1.54) is 50.3 Å². The molecule has 0 saturated heterocycles. The topological polar surface area (TPSA) is 22.8 Å². The molecule has 0 fully saturated rings. The molecular formula is C41H26FN3. The summed E-state index contributed by atoms with van der Waals surface area (Å²) in [6.45, 7) is 0. The molecule has 0 bridgehead atoms. The molecule has 212 valence electrons. The highest BCUT2D eigenvalue weighted by Crippen LogP contribution is 2.38. The zero-order valence-corrected chi connectivity index (χ0v) is 24.2. The molecule has 3 aromatic heterocycles. The molecule has 3 heterocycles. The van der Waals surface area contributed by atoms with Crippen LogP contribution in [-0.4, -0.2) is 14.1 Å². The van der Waals surface area contributed by atoms with Crippen molar-refractivity contribution in [3.05, 3.63) is 164 Å². The predicted molar refractivity (Wildman–Crippen MR) is 184 cm³/mol. The number of hydrogen-bond donors (Lipinski definition) is 0. The van der Waals surface area contributed by atoms with Gasteiger partial charge < -0.3 is 4.57 Å². The molecule has 0 spiro atoms. The molecule has 0 atom stereocenters. The van der Waals surface area contributed by atoms with Gasteiger partial charge in [0.2, 0.25) is 0 Å². The summed E-state index contributed by atoms with van der Waals surface area (Å²) in [5.74, 6) is 0.570. The van der Waals surface area contributed by atoms with Crippen LogP contribution in [0.5, 0.6) is 0 Å². The van der Waals surface area contributed by atoms with Crippen molar-refractivity contribution in [1.82, 2.24) is 14.1 Å². The molecule has 0 unspecified atom stereocenters. The third-order valence-electron chi connectivity index (χ3n) is 8.80. The summed E-state index contributed by atoms with van der Waals surface area (Å²) >= 11 is 0. The smallest absolute Gasteiger partial charge is 0.138 e. The lowest BCUT2D eigenvalue weighted by atomic mass is 10.0. The van der Waals surface area contributed by atoms with E-state index in [2.05, 4.69) is 124 Å². The summed E-state index contributed by atoms with van der Waals surface area (Å²) in [4.78, 5) is 5.02. The lowest BCUT2D eigenvalue weighted by Gasteiger charge is -2.10. The van der Waals surface area contributed by atoms with Crippen LogP contribution in [0.4, 0.5) is 4.39 Å². The van der Waals surface area contributed by atoms with E-state index < -0.39 is 0 Å². The van der Waals surface area contributed by atoms with Gasteiger partial charge in [-0.05, 0) is 96.1 Å². The molecule has 9 aromatic rings. The van der Waals surface area contributed by atoms with Gasteiger partial charge in [-0.25, -0.2) is 9.37 Å². The Morgan fingerprint density at radius 1 is 0.400 bits per heavy atom. The largest absolute Gasteiger partial charge is 0.309 e. The normalized spacial score (nSPS) is 11.7. The molecule has 3 nitrogen and oxygen atoms in total. The van der Waals surface area contributed by atoms with Crippen molar-refractivity contribution in [2.75, 3.05) is 0 Å². The molecule has 0 aliphatic carbocycles. The second-order valence-corrected chi connectivity index (χ2v) is 11.4. The molecule has 45 heavy (non-hydrogen) atoms. The molecule has 4 heteroatoms. The van der Waals surface area contributed by atoms with Crippen molar-refractivity contribution >= 4 is 43.6 Å². The van der Waals surface area contributed by atoms with E-state index in [0.29, 0.717) is 0 Å². The van der Waals surface area contributed by atoms with E-state index in [0.717, 1.165) is 39.4 Å². The van der Waals surface area contributed by atoms with Gasteiger partial charge in [-0.3, -0.25) is 4.57 Å². The van der Waals surface area contributed by atoms with E-state index in [1.807, 2.05) is 18.2 Å². The van der Waals surface area contributed by atoms with Crippen LogP contribution in [0.1, 0.15) is 0 Å². The number of para-hydroxylation sites is 3. The first-order chi connectivity index (χ1) is 22.2. The molecule has 0 aliphatic heterocycles. The lowest BCUT2D eigenvalue weighted by molar-refractivity contribution is 0.628. The van der Waals surface area contributed by atoms with Gasteiger partial charge >= 0.3 is 0 Å². The zero-order valence-electron chi connectivity index (χ0n) is 24.2. The average Bonchev–Trinajstić information content (AvgIpc) is 3.61. The fourth-order valence-corrected chi connectivity index (χ4v) is 6.74. The van der Waals surface area contributed by atoms with Crippen LogP contribution in [0, 0.1) is 5.82 Å². The Hall–Kier alpha value is -6.00. The number of rotatable bonds is 4. The van der Waals surface area contributed by atoms with Crippen LogP contribution in [0.15, 0.2) is 158 Å². The van der Waals surface area contributed by atoms with Crippen LogP contribution in [0.2, 0.25) is 0 Å². The van der Waals surface area contributed by atoms with Crippen LogP contribution in [0.3, 0.4) is 0 Å². The number of pyridine rings is 1. The van der Waals surface area contributed by atoms with E-state index in [9.17, 15) is 4.39 Å². The van der Waals surface area contributed by atoms with Crippen molar-refractivity contribution in [1.29, 1.82) is 0 Å². The summed E-state index contributed by atoms with van der Waals surface area (Å²) in [5.41, 5.74) is 9.75. The Balaban J connectivity index is 1.22. The third-order valence-corrected chi connectivity index (χ3v) is 8.80. The highest BCUT2D eigenvalue weighted by Gasteiger charge is 2.16. The summed E-state index contributed by atoms with van der Waals surface area (Å²) in [7, 11) is 0. The Kier molecular flexibility index (Phi) is 5.69. The standard InChI is InChI=1S/C41H26FN3/c42-30-21-17-27(18-22-30)36-13-8-16-41(43-36)45-38-15-7-5-12-33(38)35-26-29(20-24-40(35)45)28-19-23-39-34(25-28)32-11-4-6-14-37(32)44(39)31-9-2-1-3-10-31/h1-26H. The maximum atomic E-state index is 13.6. The van der Waals surface area contributed by atoms with Gasteiger partial charge in [-0.2, -0.15) is 0 Å². The van der Waals surface area contributed by atoms with Crippen molar-refractivity contribution in [3.63, 3.8) is 0 Å². The summed E-state index contributed by atoms with van der Waals surface area (Å²) in [5, 5.41) is 4.81. The van der Waals surface area contributed by atoms with Gasteiger partial charge in [0.05, 0.1) is 27.8 Å². The predicted octanol–water partition coefficient (Wildman–Crippen LogP) is 10.7. The van der Waals surface area contributed by atoms with Gasteiger partial charge in [0.15, 0.2) is 0 Å². The molecular weight excluding hydrogens is 553 g/mol. The molecule has 0 N–H and O–H groups in total. The average molecular weight is 580 g/mol. The van der Waals surface area contributed by atoms with Crippen molar-refractivity contribution in [3.8, 4) is 33.9 Å². The number of hydrogen-bond acceptors (Lipinski definition) is 1. The number of benzene rings is 6. The van der Waals surface area contributed by atoms with E-state index in [4.69, 9.17) is 4.98 Å². The molecule has 0 radical (unpaired) electrons. The first-order valence-corrected chi connectivity index (χ1v) is 15.1. The maximum absolute atomic E-state index is 13.6. The molecule has 0 aliphatic rings. The molecule has 9 rings (SSSR count). The van der Waals surface area contributed by atoms with Crippen LogP contribution in [0.25, 0.3) is 77.5 Å². The fraction of sp³-hybridized carbons (Fsp3) is 0. The highest BCUT2D eigenvalue weighted by molar-refractivity contribution is 6.12. The highest BCUT2D eigenvalue weighted by atomic mass is 19.1. The van der Waals surface area contributed by atoms with Crippen molar-refractivity contribution < 1.29 is 4.39 Å². The summed E-state index contributed by atoms with van der Waals surface area (Å²) < 4.78 is 18.2. The fourth-order valence-electron chi connectivity index (χ4n) is 6.74. The van der Waals surface area contributed by atoms with Crippen LogP contribution < -0.4 is 0 Å². The number of aromatic nitrogens is 3. The van der Waals surface area contributed by atoms with Gasteiger partial charge in [0.1, 0.15) is 11.6 Å². The van der Waals surface area contributed by atoms with E-state index in [-0.39, 0.29) is 5.82 Å². The van der Waals surface area contributed by atoms with Gasteiger partial charge in [-0.15, -0.1) is 0 Å². The molecule has 0 amide bonds. The minimum absolute atomic E-state index is 0.255. The summed E-state index contributed by atoms with van der Waals surface area (Å²) in [6, 6.07) is 53.7. The Labute approximate surface area is 259 Å². The Bertz CT molecular complexity index is 2540. The SMILES string of the molecule is Fc1ccc(-c2cccc(-n3c4ccccc4c4cc(-c5ccc6c(c5)c5ccccc5n6-c5ccccc5)ccc43)n2)cc1. The number of fused-ring (bicyclic) bond motifs is 6. The zero-order chi connectivity index (χ0) is 29.9. The van der Waals surface area contributed by atoms with Gasteiger partial charge in [-0.1, -0.05) is 72.8 Å². The second-order valence-electron chi connectivity index (χ2n) is 11.4. The number of halogens is 1. The Morgan fingerprint density at radius 2 is 0.933 bits per heavy atom. The molecule has 6 aromatic carbocycles. The van der Waals surface area contributed by atoms with Crippen molar-refractivity contribution in [2.24, 2.45) is 0 Å². The minimum atomic E-state index is -0.255. The first kappa shape index (κ1) is 25.5. The Morgan fingerprint density at radius 3 is 1.60 bits per heavy atom. The van der Waals surface area contributed by atoms with Crippen LogP contribution >= 0.6 is 0 Å². The van der Waals surface area contributed by atoms with E-state index >= 15 is 0 Å². The third kappa shape index (κ3) is 4.07. The van der Waals surface area contributed by atoms with Gasteiger partial charge in [0, 0.05) is 32.8 Å². The minimum Gasteiger partial charge on any atom is -0.309 e. The second kappa shape index (κ2) is 10.0. The quantitative estimate of drug-likeness (QED) is 0.203. The van der Waals surface area contributed by atoms with E-state index in [1.54, 1.807) is 12.1 Å². The summed E-state index contributed by atoms with van der Waals surface area (Å²) in [6.07, 6.45) is 0. The van der Waals surface area contributed by atoms with Gasteiger partial charge in [0.25, 0.3) is 0 Å².